The summed E-state index contributed by atoms with van der Waals surface area (Å²) in [6.45, 7) is 2.83. The van der Waals surface area contributed by atoms with Crippen LogP contribution in [-0.4, -0.2) is 40.6 Å². The summed E-state index contributed by atoms with van der Waals surface area (Å²) in [6, 6.07) is 9.77. The highest BCUT2D eigenvalue weighted by Gasteiger charge is 2.58. The van der Waals surface area contributed by atoms with E-state index in [2.05, 4.69) is 0 Å². The minimum Gasteiger partial charge on any atom is -0.481 e. The molecule has 3 aliphatic rings. The Morgan fingerprint density at radius 1 is 1.03 bits per heavy atom. The first kappa shape index (κ1) is 27.6. The van der Waals surface area contributed by atoms with Crippen LogP contribution in [0.25, 0.3) is 0 Å². The van der Waals surface area contributed by atoms with E-state index in [0.717, 1.165) is 11.1 Å². The third kappa shape index (κ3) is 4.51. The molecule has 2 aromatic rings. The molecule has 4 nitrogen and oxygen atoms in total. The Kier molecular flexibility index (Phi) is 6.58. The number of hydrogen-bond donors (Lipinski definition) is 1. The van der Waals surface area contributed by atoms with Gasteiger partial charge in [0.1, 0.15) is 5.82 Å². The van der Waals surface area contributed by atoms with Gasteiger partial charge >= 0.3 is 12.1 Å². The Labute approximate surface area is 224 Å². The van der Waals surface area contributed by atoms with E-state index in [1.165, 1.54) is 24.3 Å². The van der Waals surface area contributed by atoms with Crippen molar-refractivity contribution in [2.24, 2.45) is 11.3 Å². The molecule has 1 aliphatic heterocycles. The Balaban J connectivity index is 1.51. The monoisotopic (exact) mass is 549 g/mol. The van der Waals surface area contributed by atoms with Crippen LogP contribution in [0.5, 0.6) is 0 Å². The lowest BCUT2D eigenvalue weighted by molar-refractivity contribution is -0.228. The van der Waals surface area contributed by atoms with E-state index in [9.17, 15) is 36.6 Å². The number of aliphatic carboxylic acids is 1. The van der Waals surface area contributed by atoms with Crippen LogP contribution in [0.4, 0.5) is 22.0 Å². The van der Waals surface area contributed by atoms with E-state index < -0.39 is 40.1 Å². The molecule has 3 unspecified atom stereocenters. The van der Waals surface area contributed by atoms with E-state index in [4.69, 9.17) is 0 Å². The van der Waals surface area contributed by atoms with Crippen molar-refractivity contribution in [3.05, 3.63) is 70.5 Å². The second kappa shape index (κ2) is 9.30. The number of carboxylic acids is 1. The average Bonchev–Trinajstić information content (AvgIpc) is 3.37. The van der Waals surface area contributed by atoms with Gasteiger partial charge in [-0.15, -0.1) is 0 Å². The maximum absolute atomic E-state index is 14.9. The summed E-state index contributed by atoms with van der Waals surface area (Å²) in [5.41, 5.74) is -3.10. The molecule has 1 amide bonds. The zero-order valence-corrected chi connectivity index (χ0v) is 22.0. The summed E-state index contributed by atoms with van der Waals surface area (Å²) in [4.78, 5) is 27.3. The van der Waals surface area contributed by atoms with Crippen molar-refractivity contribution in [2.45, 2.75) is 82.1 Å². The minimum absolute atomic E-state index is 0.0732. The fraction of sp³-hybridized carbons (Fsp3) is 0.533. The highest BCUT2D eigenvalue weighted by Crippen LogP contribution is 2.54. The molecule has 39 heavy (non-hydrogen) atoms. The number of benzene rings is 2. The highest BCUT2D eigenvalue weighted by atomic mass is 19.4. The van der Waals surface area contributed by atoms with E-state index in [-0.39, 0.29) is 24.2 Å². The van der Waals surface area contributed by atoms with Crippen LogP contribution in [0.15, 0.2) is 42.5 Å². The number of amides is 1. The van der Waals surface area contributed by atoms with Crippen molar-refractivity contribution in [1.82, 2.24) is 4.90 Å². The van der Waals surface area contributed by atoms with Gasteiger partial charge in [-0.1, -0.05) is 37.3 Å². The number of carboxylic acid groups (broad SMARTS) is 1. The first-order valence-corrected chi connectivity index (χ1v) is 13.4. The van der Waals surface area contributed by atoms with Crippen LogP contribution in [0.3, 0.4) is 0 Å². The molecular formula is C30H32F5NO3. The van der Waals surface area contributed by atoms with Crippen molar-refractivity contribution in [1.29, 1.82) is 0 Å². The van der Waals surface area contributed by atoms with E-state index in [1.54, 1.807) is 18.2 Å². The Morgan fingerprint density at radius 2 is 1.67 bits per heavy atom. The van der Waals surface area contributed by atoms with E-state index >= 15 is 0 Å². The summed E-state index contributed by atoms with van der Waals surface area (Å²) < 4.78 is 69.0. The SMILES string of the molecule is CC(F)(c1ccc2c(c1)CC1N(C(=O)[C@]3(C)CC[C@@H](C(=O)O)CC3)CCC21Cc1ccc(F)cc1)C(F)(F)F. The third-order valence-electron chi connectivity index (χ3n) is 9.59. The fourth-order valence-corrected chi connectivity index (χ4v) is 7.05. The zero-order chi connectivity index (χ0) is 28.4. The van der Waals surface area contributed by atoms with Gasteiger partial charge in [0.05, 0.1) is 5.92 Å². The molecule has 3 atom stereocenters. The number of carbonyl (C=O) groups excluding carboxylic acids is 1. The van der Waals surface area contributed by atoms with Gasteiger partial charge in [0, 0.05) is 23.4 Å². The summed E-state index contributed by atoms with van der Waals surface area (Å²) in [5, 5.41) is 9.39. The normalized spacial score (nSPS) is 30.0. The van der Waals surface area contributed by atoms with Gasteiger partial charge in [0.15, 0.2) is 0 Å². The maximum atomic E-state index is 14.9. The van der Waals surface area contributed by atoms with Gasteiger partial charge in [0.2, 0.25) is 11.6 Å². The molecule has 1 saturated heterocycles. The molecule has 0 spiro atoms. The summed E-state index contributed by atoms with van der Waals surface area (Å²) in [6.07, 6.45) is -2.06. The number of nitrogens with zero attached hydrogens (tertiary/aromatic N) is 1. The van der Waals surface area contributed by atoms with Crippen LogP contribution in [-0.2, 0) is 33.5 Å². The number of likely N-dealkylation sites (tertiary alicyclic amines) is 1. The molecule has 0 aromatic heterocycles. The van der Waals surface area contributed by atoms with Crippen LogP contribution < -0.4 is 0 Å². The second-order valence-corrected chi connectivity index (χ2v) is 12.0. The number of fused-ring (bicyclic) bond motifs is 3. The van der Waals surface area contributed by atoms with Gasteiger partial charge in [-0.25, -0.2) is 8.78 Å². The van der Waals surface area contributed by atoms with Gasteiger partial charge in [-0.05, 0) is 86.3 Å². The number of carbonyl (C=O) groups is 2. The lowest BCUT2D eigenvalue weighted by atomic mass is 9.70. The van der Waals surface area contributed by atoms with Crippen molar-refractivity contribution in [3.8, 4) is 0 Å². The van der Waals surface area contributed by atoms with E-state index in [0.29, 0.717) is 57.6 Å². The highest BCUT2D eigenvalue weighted by molar-refractivity contribution is 5.84. The van der Waals surface area contributed by atoms with Crippen molar-refractivity contribution in [3.63, 3.8) is 0 Å². The van der Waals surface area contributed by atoms with E-state index in [1.807, 2.05) is 11.8 Å². The molecule has 210 valence electrons. The van der Waals surface area contributed by atoms with Gasteiger partial charge in [-0.3, -0.25) is 9.59 Å². The van der Waals surface area contributed by atoms with Gasteiger partial charge in [-0.2, -0.15) is 13.2 Å². The number of rotatable bonds is 5. The molecule has 2 fully saturated rings. The Morgan fingerprint density at radius 3 is 2.26 bits per heavy atom. The Hall–Kier alpha value is -2.97. The predicted octanol–water partition coefficient (Wildman–Crippen LogP) is 6.49. The van der Waals surface area contributed by atoms with Gasteiger partial charge < -0.3 is 10.0 Å². The average molecular weight is 550 g/mol. The Bertz CT molecular complexity index is 1280. The third-order valence-corrected chi connectivity index (χ3v) is 9.59. The molecule has 2 aliphatic carbocycles. The topological polar surface area (TPSA) is 57.6 Å². The molecule has 2 aromatic carbocycles. The van der Waals surface area contributed by atoms with Crippen LogP contribution in [0, 0.1) is 17.2 Å². The smallest absolute Gasteiger partial charge is 0.426 e. The number of halogens is 5. The van der Waals surface area contributed by atoms with Crippen LogP contribution in [0.1, 0.15) is 68.2 Å². The molecule has 5 rings (SSSR count). The molecule has 0 bridgehead atoms. The molecular weight excluding hydrogens is 517 g/mol. The van der Waals surface area contributed by atoms with Crippen molar-refractivity contribution in [2.75, 3.05) is 6.54 Å². The van der Waals surface area contributed by atoms with Crippen molar-refractivity contribution < 1.29 is 36.6 Å². The molecule has 1 N–H and O–H groups in total. The number of hydrogen-bond acceptors (Lipinski definition) is 2. The second-order valence-electron chi connectivity index (χ2n) is 12.0. The standard InChI is InChI=1S/C30H32F5NO3/c1-27(11-9-19(10-12-27)25(37)38)26(39)36-14-13-29(17-18-3-6-22(31)7-4-18)23-8-5-21(15-20(23)16-24(29)36)28(2,32)30(33,34)35/h3-8,15,19,24H,9-14,16-17H2,1-2H3,(H,37,38)/t19-,24?,27-,28?,29?. The molecule has 9 heteroatoms. The minimum atomic E-state index is -5.08. The van der Waals surface area contributed by atoms with Crippen LogP contribution >= 0.6 is 0 Å². The van der Waals surface area contributed by atoms with Gasteiger partial charge in [0.25, 0.3) is 0 Å². The van der Waals surface area contributed by atoms with Crippen LogP contribution in [0.2, 0.25) is 0 Å². The van der Waals surface area contributed by atoms with Crippen molar-refractivity contribution >= 4 is 11.9 Å². The molecule has 1 saturated carbocycles. The lowest BCUT2D eigenvalue weighted by Gasteiger charge is -2.41. The number of alkyl halides is 4. The molecule has 0 radical (unpaired) electrons. The first-order valence-electron chi connectivity index (χ1n) is 13.4. The summed E-state index contributed by atoms with van der Waals surface area (Å²) in [7, 11) is 0. The first-order chi connectivity index (χ1) is 18.2. The predicted molar refractivity (Wildman–Crippen MR) is 134 cm³/mol. The quantitative estimate of drug-likeness (QED) is 0.434. The fourth-order valence-electron chi connectivity index (χ4n) is 7.05. The summed E-state index contributed by atoms with van der Waals surface area (Å²) >= 11 is 0. The molecule has 1 heterocycles. The maximum Gasteiger partial charge on any atom is 0.426 e. The zero-order valence-electron chi connectivity index (χ0n) is 22.0. The summed E-state index contributed by atoms with van der Waals surface area (Å²) in [5.74, 6) is -1.78. The largest absolute Gasteiger partial charge is 0.481 e. The lowest BCUT2D eigenvalue weighted by Crippen LogP contribution is -2.50.